The van der Waals surface area contributed by atoms with E-state index in [1.165, 1.54) is 4.31 Å². The average molecular weight is 401 g/mol. The third kappa shape index (κ3) is 3.30. The highest BCUT2D eigenvalue weighted by molar-refractivity contribution is 7.89. The van der Waals surface area contributed by atoms with Crippen LogP contribution in [0.15, 0.2) is 23.1 Å². The highest BCUT2D eigenvalue weighted by Crippen LogP contribution is 2.40. The van der Waals surface area contributed by atoms with Crippen molar-refractivity contribution >= 4 is 21.6 Å². The summed E-state index contributed by atoms with van der Waals surface area (Å²) >= 11 is 6.19. The number of rotatable bonds is 3. The number of β-amino-alcohol motifs (C(OH)–C–C–N with tert-alkyl or cyclic N) is 1. The lowest BCUT2D eigenvalue weighted by Crippen LogP contribution is -2.56. The summed E-state index contributed by atoms with van der Waals surface area (Å²) in [5.74, 6) is 0. The van der Waals surface area contributed by atoms with E-state index >= 15 is 0 Å². The standard InChI is InChI=1S/C18H25ClN2O4S/c1-13-2-3-17(16(19)8-13)26(23,24)21-6-4-18(5-7-21)9-14(12-25-18)20-10-15(22)11-20/h2-3,8,14-15,22H,4-7,9-12H2,1H3/t14-/m0/s1. The van der Waals surface area contributed by atoms with Crippen molar-refractivity contribution in [3.05, 3.63) is 28.8 Å². The van der Waals surface area contributed by atoms with E-state index in [1.807, 2.05) is 6.92 Å². The third-order valence-corrected chi connectivity index (χ3v) is 8.32. The Labute approximate surface area is 159 Å². The van der Waals surface area contributed by atoms with Crippen LogP contribution in [0.3, 0.4) is 0 Å². The molecule has 0 aromatic heterocycles. The molecule has 3 aliphatic heterocycles. The fourth-order valence-electron chi connectivity index (χ4n) is 4.28. The van der Waals surface area contributed by atoms with E-state index in [4.69, 9.17) is 16.3 Å². The molecule has 0 amide bonds. The van der Waals surface area contributed by atoms with Crippen molar-refractivity contribution in [3.63, 3.8) is 0 Å². The van der Waals surface area contributed by atoms with Gasteiger partial charge in [0, 0.05) is 32.2 Å². The van der Waals surface area contributed by atoms with Crippen molar-refractivity contribution in [1.29, 1.82) is 0 Å². The van der Waals surface area contributed by atoms with Gasteiger partial charge in [0.1, 0.15) is 4.90 Å². The number of piperidine rings is 1. The minimum Gasteiger partial charge on any atom is -0.390 e. The number of nitrogens with zero attached hydrogens (tertiary/aromatic N) is 2. The van der Waals surface area contributed by atoms with Crippen LogP contribution in [-0.4, -0.2) is 73.3 Å². The molecule has 0 aliphatic carbocycles. The summed E-state index contributed by atoms with van der Waals surface area (Å²) in [4.78, 5) is 2.44. The van der Waals surface area contributed by atoms with Crippen molar-refractivity contribution in [2.75, 3.05) is 32.8 Å². The molecule has 0 saturated carbocycles. The molecule has 4 rings (SSSR count). The molecule has 1 N–H and O–H groups in total. The molecule has 0 radical (unpaired) electrons. The predicted molar refractivity (Wildman–Crippen MR) is 98.8 cm³/mol. The lowest BCUT2D eigenvalue weighted by molar-refractivity contribution is -0.0384. The number of benzene rings is 1. The molecule has 144 valence electrons. The van der Waals surface area contributed by atoms with Crippen LogP contribution < -0.4 is 0 Å². The number of hydrogen-bond acceptors (Lipinski definition) is 5. The lowest BCUT2D eigenvalue weighted by atomic mass is 9.87. The van der Waals surface area contributed by atoms with E-state index in [9.17, 15) is 13.5 Å². The predicted octanol–water partition coefficient (Wildman–Crippen LogP) is 1.64. The van der Waals surface area contributed by atoms with Crippen LogP contribution in [0.5, 0.6) is 0 Å². The van der Waals surface area contributed by atoms with Crippen LogP contribution in [0.4, 0.5) is 0 Å². The largest absolute Gasteiger partial charge is 0.390 e. The van der Waals surface area contributed by atoms with Gasteiger partial charge in [-0.15, -0.1) is 0 Å². The molecule has 1 aromatic rings. The topological polar surface area (TPSA) is 70.1 Å². The van der Waals surface area contributed by atoms with Crippen molar-refractivity contribution in [3.8, 4) is 0 Å². The zero-order chi connectivity index (χ0) is 18.5. The molecule has 0 unspecified atom stereocenters. The number of sulfonamides is 1. The van der Waals surface area contributed by atoms with Crippen molar-refractivity contribution in [2.45, 2.75) is 48.8 Å². The van der Waals surface area contributed by atoms with Gasteiger partial charge in [-0.3, -0.25) is 4.90 Å². The van der Waals surface area contributed by atoms with E-state index in [0.717, 1.165) is 25.1 Å². The highest BCUT2D eigenvalue weighted by atomic mass is 35.5. The molecule has 3 heterocycles. The van der Waals surface area contributed by atoms with E-state index in [2.05, 4.69) is 4.90 Å². The Hall–Kier alpha value is -0.700. The Morgan fingerprint density at radius 3 is 2.58 bits per heavy atom. The second kappa shape index (κ2) is 6.72. The van der Waals surface area contributed by atoms with Gasteiger partial charge in [0.15, 0.2) is 0 Å². The van der Waals surface area contributed by atoms with Crippen molar-refractivity contribution in [2.24, 2.45) is 0 Å². The second-order valence-electron chi connectivity index (χ2n) is 7.80. The second-order valence-corrected chi connectivity index (χ2v) is 10.1. The number of likely N-dealkylation sites (tertiary alicyclic amines) is 1. The summed E-state index contributed by atoms with van der Waals surface area (Å²) in [6, 6.07) is 5.39. The molecule has 0 bridgehead atoms. The van der Waals surface area contributed by atoms with Gasteiger partial charge in [0.05, 0.1) is 23.3 Å². The molecule has 6 nitrogen and oxygen atoms in total. The molecule has 1 spiro atoms. The summed E-state index contributed by atoms with van der Waals surface area (Å²) in [5, 5.41) is 9.76. The summed E-state index contributed by atoms with van der Waals surface area (Å²) < 4.78 is 33.6. The first-order chi connectivity index (χ1) is 12.3. The van der Waals surface area contributed by atoms with Crippen molar-refractivity contribution in [1.82, 2.24) is 9.21 Å². The number of aliphatic hydroxyl groups excluding tert-OH is 1. The van der Waals surface area contributed by atoms with E-state index in [-0.39, 0.29) is 21.6 Å². The van der Waals surface area contributed by atoms with Gasteiger partial charge in [-0.25, -0.2) is 8.42 Å². The quantitative estimate of drug-likeness (QED) is 0.835. The summed E-state index contributed by atoms with van der Waals surface area (Å²) in [5.41, 5.74) is 0.710. The van der Waals surface area contributed by atoms with Gasteiger partial charge in [-0.2, -0.15) is 4.31 Å². The molecule has 1 aromatic carbocycles. The monoisotopic (exact) mass is 400 g/mol. The first kappa shape index (κ1) is 18.7. The van der Waals surface area contributed by atoms with Gasteiger partial charge in [-0.05, 0) is 43.9 Å². The Morgan fingerprint density at radius 2 is 1.96 bits per heavy atom. The van der Waals surface area contributed by atoms with Crippen LogP contribution >= 0.6 is 11.6 Å². The maximum atomic E-state index is 13.0. The van der Waals surface area contributed by atoms with Crippen molar-refractivity contribution < 1.29 is 18.3 Å². The summed E-state index contributed by atoms with van der Waals surface area (Å²) in [7, 11) is -3.58. The van der Waals surface area contributed by atoms with Gasteiger partial charge >= 0.3 is 0 Å². The molecule has 8 heteroatoms. The van der Waals surface area contributed by atoms with E-state index in [1.54, 1.807) is 18.2 Å². The maximum Gasteiger partial charge on any atom is 0.244 e. The number of aryl methyl sites for hydroxylation is 1. The van der Waals surface area contributed by atoms with E-state index in [0.29, 0.717) is 38.6 Å². The SMILES string of the molecule is Cc1ccc(S(=O)(=O)N2CCC3(CC2)C[C@H](N2CC(O)C2)CO3)c(Cl)c1. The van der Waals surface area contributed by atoms with Gasteiger partial charge < -0.3 is 9.84 Å². The Balaban J connectivity index is 1.42. The zero-order valence-corrected chi connectivity index (χ0v) is 16.5. The molecule has 1 atom stereocenters. The fraction of sp³-hybridized carbons (Fsp3) is 0.667. The lowest BCUT2D eigenvalue weighted by Gasteiger charge is -2.41. The third-order valence-electron chi connectivity index (χ3n) is 5.94. The van der Waals surface area contributed by atoms with Gasteiger partial charge in [0.2, 0.25) is 10.0 Å². The number of aliphatic hydroxyl groups is 1. The maximum absolute atomic E-state index is 13.0. The Bertz CT molecular complexity index is 786. The minimum absolute atomic E-state index is 0.181. The molecular weight excluding hydrogens is 376 g/mol. The Morgan fingerprint density at radius 1 is 1.27 bits per heavy atom. The van der Waals surface area contributed by atoms with Crippen LogP contribution in [0.1, 0.15) is 24.8 Å². The van der Waals surface area contributed by atoms with E-state index < -0.39 is 10.0 Å². The van der Waals surface area contributed by atoms with Crippen LogP contribution in [0.2, 0.25) is 5.02 Å². The minimum atomic E-state index is -3.58. The van der Waals surface area contributed by atoms with Gasteiger partial charge in [-0.1, -0.05) is 17.7 Å². The summed E-state index contributed by atoms with van der Waals surface area (Å²) in [6.45, 7) is 4.89. The number of ether oxygens (including phenoxy) is 1. The first-order valence-corrected chi connectivity index (χ1v) is 10.9. The molecule has 3 fully saturated rings. The molecule has 3 aliphatic rings. The van der Waals surface area contributed by atoms with Crippen LogP contribution in [0.25, 0.3) is 0 Å². The zero-order valence-electron chi connectivity index (χ0n) is 14.9. The molecule has 26 heavy (non-hydrogen) atoms. The average Bonchev–Trinajstić information content (AvgIpc) is 2.95. The highest BCUT2D eigenvalue weighted by Gasteiger charge is 2.47. The summed E-state index contributed by atoms with van der Waals surface area (Å²) in [6.07, 6.45) is 2.10. The van der Waals surface area contributed by atoms with Crippen LogP contribution in [-0.2, 0) is 14.8 Å². The van der Waals surface area contributed by atoms with Crippen LogP contribution in [0, 0.1) is 6.92 Å². The first-order valence-electron chi connectivity index (χ1n) is 9.11. The molecular formula is C18H25ClN2O4S. The number of halogens is 1. The molecule has 3 saturated heterocycles. The van der Waals surface area contributed by atoms with Gasteiger partial charge in [0.25, 0.3) is 0 Å². The Kier molecular flexibility index (Phi) is 4.82. The normalized spacial score (nSPS) is 27.7. The smallest absolute Gasteiger partial charge is 0.244 e. The number of hydrogen-bond donors (Lipinski definition) is 1. The fourth-order valence-corrected chi connectivity index (χ4v) is 6.29.